The zero-order chi connectivity index (χ0) is 14.7. The number of carbonyl (C=O) groups is 2. The Morgan fingerprint density at radius 2 is 2.15 bits per heavy atom. The molecule has 0 aliphatic heterocycles. The third-order valence-corrected chi connectivity index (χ3v) is 3.32. The largest absolute Gasteiger partial charge is 0.358 e. The highest BCUT2D eigenvalue weighted by Crippen LogP contribution is 2.41. The van der Waals surface area contributed by atoms with Gasteiger partial charge in [0, 0.05) is 19.5 Å². The monoisotopic (exact) mass is 278 g/mol. The fourth-order valence-electron chi connectivity index (χ4n) is 2.19. The standard InChI is InChI=1S/C14H22N4O2/c1-9(2)8-18-13(10-4-5-10)11(6-17-18)14(20)16-7-12(19)15-3/h6,9-10H,4-5,7-8H2,1-3H3,(H,15,19)(H,16,20). The second kappa shape index (κ2) is 6.07. The first kappa shape index (κ1) is 14.6. The lowest BCUT2D eigenvalue weighted by Crippen LogP contribution is -2.35. The summed E-state index contributed by atoms with van der Waals surface area (Å²) in [4.78, 5) is 23.4. The number of likely N-dealkylation sites (N-methyl/N-ethyl adjacent to an activating group) is 1. The molecule has 0 saturated heterocycles. The van der Waals surface area contributed by atoms with Crippen molar-refractivity contribution in [2.24, 2.45) is 5.92 Å². The fraction of sp³-hybridized carbons (Fsp3) is 0.643. The summed E-state index contributed by atoms with van der Waals surface area (Å²) in [6.45, 7) is 5.07. The lowest BCUT2D eigenvalue weighted by atomic mass is 10.1. The van der Waals surface area contributed by atoms with Gasteiger partial charge in [0.05, 0.1) is 24.0 Å². The van der Waals surface area contributed by atoms with Crippen LogP contribution in [0.3, 0.4) is 0 Å². The minimum absolute atomic E-state index is 0.00516. The van der Waals surface area contributed by atoms with E-state index in [9.17, 15) is 9.59 Å². The molecule has 2 rings (SSSR count). The Balaban J connectivity index is 2.12. The van der Waals surface area contributed by atoms with Crippen molar-refractivity contribution in [3.63, 3.8) is 0 Å². The molecule has 0 bridgehead atoms. The molecule has 2 amide bonds. The molecule has 1 aromatic rings. The van der Waals surface area contributed by atoms with Gasteiger partial charge in [-0.3, -0.25) is 14.3 Å². The highest BCUT2D eigenvalue weighted by atomic mass is 16.2. The van der Waals surface area contributed by atoms with E-state index in [0.717, 1.165) is 25.1 Å². The van der Waals surface area contributed by atoms with Gasteiger partial charge in [0.25, 0.3) is 5.91 Å². The summed E-state index contributed by atoms with van der Waals surface area (Å²) in [5, 5.41) is 9.45. The van der Waals surface area contributed by atoms with Crippen LogP contribution in [0.1, 0.15) is 48.7 Å². The van der Waals surface area contributed by atoms with E-state index in [4.69, 9.17) is 0 Å². The Labute approximate surface area is 118 Å². The van der Waals surface area contributed by atoms with Gasteiger partial charge in [-0.1, -0.05) is 13.8 Å². The minimum atomic E-state index is -0.217. The predicted molar refractivity (Wildman–Crippen MR) is 75.4 cm³/mol. The van der Waals surface area contributed by atoms with Crippen molar-refractivity contribution >= 4 is 11.8 Å². The summed E-state index contributed by atoms with van der Waals surface area (Å²) in [5.41, 5.74) is 1.63. The fourth-order valence-corrected chi connectivity index (χ4v) is 2.19. The van der Waals surface area contributed by atoms with Crippen LogP contribution in [0.15, 0.2) is 6.20 Å². The first-order chi connectivity index (χ1) is 9.52. The molecule has 1 fully saturated rings. The van der Waals surface area contributed by atoms with Gasteiger partial charge in [0.2, 0.25) is 5.91 Å². The Hall–Kier alpha value is -1.85. The maximum Gasteiger partial charge on any atom is 0.255 e. The molecule has 0 aromatic carbocycles. The molecule has 0 radical (unpaired) electrons. The summed E-state index contributed by atoms with van der Waals surface area (Å²) >= 11 is 0. The van der Waals surface area contributed by atoms with Gasteiger partial charge >= 0.3 is 0 Å². The number of carbonyl (C=O) groups excluding carboxylic acids is 2. The van der Waals surface area contributed by atoms with E-state index in [1.54, 1.807) is 13.2 Å². The number of rotatable bonds is 6. The molecule has 1 heterocycles. The third kappa shape index (κ3) is 3.37. The maximum atomic E-state index is 12.2. The Kier molecular flexibility index (Phi) is 4.42. The number of amides is 2. The zero-order valence-corrected chi connectivity index (χ0v) is 12.3. The van der Waals surface area contributed by atoms with Crippen molar-refractivity contribution in [3.8, 4) is 0 Å². The Morgan fingerprint density at radius 1 is 1.45 bits per heavy atom. The van der Waals surface area contributed by atoms with Gasteiger partial charge < -0.3 is 10.6 Å². The minimum Gasteiger partial charge on any atom is -0.358 e. The molecule has 110 valence electrons. The van der Waals surface area contributed by atoms with E-state index < -0.39 is 0 Å². The molecule has 1 aliphatic rings. The van der Waals surface area contributed by atoms with Crippen LogP contribution in [0.2, 0.25) is 0 Å². The second-order valence-electron chi connectivity index (χ2n) is 5.65. The van der Waals surface area contributed by atoms with Gasteiger partial charge in [0.15, 0.2) is 0 Å². The molecule has 1 aromatic heterocycles. The highest BCUT2D eigenvalue weighted by Gasteiger charge is 2.32. The number of hydrogen-bond donors (Lipinski definition) is 2. The number of hydrogen-bond acceptors (Lipinski definition) is 3. The van der Waals surface area contributed by atoms with Crippen LogP contribution < -0.4 is 10.6 Å². The lowest BCUT2D eigenvalue weighted by Gasteiger charge is -2.11. The summed E-state index contributed by atoms with van der Waals surface area (Å²) < 4.78 is 1.94. The molecule has 1 saturated carbocycles. The quantitative estimate of drug-likeness (QED) is 0.811. The van der Waals surface area contributed by atoms with Crippen LogP contribution in [0.5, 0.6) is 0 Å². The summed E-state index contributed by atoms with van der Waals surface area (Å²) in [6.07, 6.45) is 3.84. The topological polar surface area (TPSA) is 76.0 Å². The van der Waals surface area contributed by atoms with E-state index in [0.29, 0.717) is 17.4 Å². The normalized spacial score (nSPS) is 14.4. The van der Waals surface area contributed by atoms with Crippen LogP contribution in [0, 0.1) is 5.92 Å². The van der Waals surface area contributed by atoms with Crippen LogP contribution in [-0.2, 0) is 11.3 Å². The molecule has 20 heavy (non-hydrogen) atoms. The molecular formula is C14H22N4O2. The van der Waals surface area contributed by atoms with Crippen molar-refractivity contribution in [1.29, 1.82) is 0 Å². The molecule has 6 nitrogen and oxygen atoms in total. The second-order valence-corrected chi connectivity index (χ2v) is 5.65. The number of nitrogens with zero attached hydrogens (tertiary/aromatic N) is 2. The van der Waals surface area contributed by atoms with Gasteiger partial charge in [-0.2, -0.15) is 5.10 Å². The van der Waals surface area contributed by atoms with Crippen LogP contribution in [0.25, 0.3) is 0 Å². The van der Waals surface area contributed by atoms with Gasteiger partial charge in [-0.25, -0.2) is 0 Å². The van der Waals surface area contributed by atoms with Crippen molar-refractivity contribution in [3.05, 3.63) is 17.5 Å². The van der Waals surface area contributed by atoms with E-state index >= 15 is 0 Å². The Bertz CT molecular complexity index is 503. The van der Waals surface area contributed by atoms with E-state index in [2.05, 4.69) is 29.6 Å². The summed E-state index contributed by atoms with van der Waals surface area (Å²) in [7, 11) is 1.55. The average molecular weight is 278 g/mol. The highest BCUT2D eigenvalue weighted by molar-refractivity contribution is 5.97. The number of aromatic nitrogens is 2. The van der Waals surface area contributed by atoms with Gasteiger partial charge in [-0.15, -0.1) is 0 Å². The third-order valence-electron chi connectivity index (χ3n) is 3.32. The zero-order valence-electron chi connectivity index (χ0n) is 12.3. The molecule has 0 spiro atoms. The lowest BCUT2D eigenvalue weighted by molar-refractivity contribution is -0.119. The summed E-state index contributed by atoms with van der Waals surface area (Å²) in [6, 6.07) is 0. The van der Waals surface area contributed by atoms with Crippen LogP contribution in [0.4, 0.5) is 0 Å². The van der Waals surface area contributed by atoms with E-state index in [1.807, 2.05) is 4.68 Å². The van der Waals surface area contributed by atoms with Crippen LogP contribution in [-0.4, -0.2) is 35.2 Å². The molecule has 0 atom stereocenters. The first-order valence-corrected chi connectivity index (χ1v) is 7.07. The van der Waals surface area contributed by atoms with Crippen molar-refractivity contribution < 1.29 is 9.59 Å². The summed E-state index contributed by atoms with van der Waals surface area (Å²) in [5.74, 6) is 0.498. The Morgan fingerprint density at radius 3 is 2.70 bits per heavy atom. The van der Waals surface area contributed by atoms with E-state index in [-0.39, 0.29) is 18.4 Å². The van der Waals surface area contributed by atoms with Crippen molar-refractivity contribution in [2.75, 3.05) is 13.6 Å². The molecule has 6 heteroatoms. The maximum absolute atomic E-state index is 12.2. The average Bonchev–Trinajstić information content (AvgIpc) is 3.16. The molecule has 2 N–H and O–H groups in total. The van der Waals surface area contributed by atoms with Crippen molar-refractivity contribution in [2.45, 2.75) is 39.2 Å². The van der Waals surface area contributed by atoms with E-state index in [1.165, 1.54) is 0 Å². The SMILES string of the molecule is CNC(=O)CNC(=O)c1cnn(CC(C)C)c1C1CC1. The van der Waals surface area contributed by atoms with Gasteiger partial charge in [-0.05, 0) is 18.8 Å². The molecule has 0 unspecified atom stereocenters. The molecule has 1 aliphatic carbocycles. The predicted octanol–water partition coefficient (Wildman–Crippen LogP) is 0.892. The van der Waals surface area contributed by atoms with Crippen LogP contribution >= 0.6 is 0 Å². The van der Waals surface area contributed by atoms with Gasteiger partial charge in [0.1, 0.15) is 0 Å². The first-order valence-electron chi connectivity index (χ1n) is 7.07. The van der Waals surface area contributed by atoms with Crippen molar-refractivity contribution in [1.82, 2.24) is 20.4 Å². The smallest absolute Gasteiger partial charge is 0.255 e. The number of nitrogens with one attached hydrogen (secondary N) is 2. The molecular weight excluding hydrogens is 256 g/mol.